The third kappa shape index (κ3) is 3.47. The highest BCUT2D eigenvalue weighted by Gasteiger charge is 2.09. The first-order valence-electron chi connectivity index (χ1n) is 5.79. The van der Waals surface area contributed by atoms with E-state index in [1.54, 1.807) is 24.3 Å². The molecule has 0 fully saturated rings. The fraction of sp³-hybridized carbons (Fsp3) is 0.214. The fourth-order valence-corrected chi connectivity index (χ4v) is 2.33. The second kappa shape index (κ2) is 6.23. The highest BCUT2D eigenvalue weighted by Crippen LogP contribution is 2.15. The first-order chi connectivity index (χ1) is 9.20. The van der Waals surface area contributed by atoms with Crippen LogP contribution in [0.25, 0.3) is 0 Å². The maximum Gasteiger partial charge on any atom is 0.254 e. The molecule has 0 bridgehead atoms. The van der Waals surface area contributed by atoms with Crippen LogP contribution in [0.5, 0.6) is 0 Å². The van der Waals surface area contributed by atoms with Gasteiger partial charge in [-0.1, -0.05) is 11.8 Å². The van der Waals surface area contributed by atoms with E-state index in [1.807, 2.05) is 11.4 Å². The predicted octanol–water partition coefficient (Wildman–Crippen LogP) is 1.89. The second-order valence-corrected chi connectivity index (χ2v) is 4.89. The molecule has 0 aromatic carbocycles. The monoisotopic (exact) mass is 274 g/mol. The normalized spacial score (nSPS) is 9.79. The molecule has 0 aliphatic carbocycles. The summed E-state index contributed by atoms with van der Waals surface area (Å²) >= 11 is 1.56. The molecule has 2 aromatic heterocycles. The number of hydrogen-bond donors (Lipinski definition) is 2. The quantitative estimate of drug-likeness (QED) is 0.840. The number of rotatable bonds is 3. The Morgan fingerprint density at radius 1 is 1.58 bits per heavy atom. The van der Waals surface area contributed by atoms with Gasteiger partial charge in [0.25, 0.3) is 5.91 Å². The Kier molecular flexibility index (Phi) is 4.39. The highest BCUT2D eigenvalue weighted by atomic mass is 32.1. The van der Waals surface area contributed by atoms with Gasteiger partial charge in [0, 0.05) is 10.4 Å². The standard InChI is InChI=1S/C14H14N2O2S/c1-10-7-12(9-18-10)14(17)16-8-13-11(3-2-5-15)4-6-19-13/h4,6-7,9H,5,8,15H2,1H3,(H,16,17). The van der Waals surface area contributed by atoms with Crippen LogP contribution in [-0.4, -0.2) is 12.5 Å². The number of hydrogen-bond acceptors (Lipinski definition) is 4. The molecule has 0 radical (unpaired) electrons. The minimum Gasteiger partial charge on any atom is -0.469 e. The van der Waals surface area contributed by atoms with Gasteiger partial charge in [0.05, 0.1) is 18.7 Å². The highest BCUT2D eigenvalue weighted by molar-refractivity contribution is 7.10. The number of aryl methyl sites for hydroxylation is 1. The summed E-state index contributed by atoms with van der Waals surface area (Å²) in [5, 5.41) is 4.79. The van der Waals surface area contributed by atoms with E-state index in [-0.39, 0.29) is 5.91 Å². The zero-order valence-corrected chi connectivity index (χ0v) is 11.3. The minimum absolute atomic E-state index is 0.150. The van der Waals surface area contributed by atoms with E-state index in [0.29, 0.717) is 18.7 Å². The summed E-state index contributed by atoms with van der Waals surface area (Å²) in [5.41, 5.74) is 6.79. The van der Waals surface area contributed by atoms with Crippen molar-refractivity contribution in [3.05, 3.63) is 45.5 Å². The average molecular weight is 274 g/mol. The second-order valence-electron chi connectivity index (χ2n) is 3.89. The third-order valence-corrected chi connectivity index (χ3v) is 3.39. The third-order valence-electron chi connectivity index (χ3n) is 2.47. The minimum atomic E-state index is -0.150. The van der Waals surface area contributed by atoms with Crippen molar-refractivity contribution in [2.24, 2.45) is 5.73 Å². The Hall–Kier alpha value is -2.03. The lowest BCUT2D eigenvalue weighted by Gasteiger charge is -2.01. The van der Waals surface area contributed by atoms with E-state index >= 15 is 0 Å². The molecular formula is C14H14N2O2S. The molecule has 5 heteroatoms. The Labute approximate surface area is 115 Å². The van der Waals surface area contributed by atoms with Crippen LogP contribution in [0.2, 0.25) is 0 Å². The van der Waals surface area contributed by atoms with Crippen molar-refractivity contribution in [3.63, 3.8) is 0 Å². The van der Waals surface area contributed by atoms with Gasteiger partial charge in [-0.25, -0.2) is 0 Å². The number of carbonyl (C=O) groups is 1. The maximum atomic E-state index is 11.9. The van der Waals surface area contributed by atoms with E-state index in [1.165, 1.54) is 6.26 Å². The largest absolute Gasteiger partial charge is 0.469 e. The Balaban J connectivity index is 1.99. The van der Waals surface area contributed by atoms with Crippen LogP contribution in [0.1, 0.15) is 26.6 Å². The predicted molar refractivity (Wildman–Crippen MR) is 74.9 cm³/mol. The molecule has 0 aliphatic heterocycles. The summed E-state index contributed by atoms with van der Waals surface area (Å²) in [5.74, 6) is 6.36. The number of carbonyl (C=O) groups excluding carboxylic acids is 1. The molecule has 1 amide bonds. The van der Waals surface area contributed by atoms with Gasteiger partial charge >= 0.3 is 0 Å². The van der Waals surface area contributed by atoms with Crippen molar-refractivity contribution in [3.8, 4) is 11.8 Å². The molecule has 2 aromatic rings. The van der Waals surface area contributed by atoms with Crippen LogP contribution in [-0.2, 0) is 6.54 Å². The van der Waals surface area contributed by atoms with E-state index in [4.69, 9.17) is 10.2 Å². The maximum absolute atomic E-state index is 11.9. The van der Waals surface area contributed by atoms with Crippen molar-refractivity contribution in [1.29, 1.82) is 0 Å². The topological polar surface area (TPSA) is 68.3 Å². The van der Waals surface area contributed by atoms with E-state index in [9.17, 15) is 4.79 Å². The van der Waals surface area contributed by atoms with Gasteiger partial charge < -0.3 is 15.5 Å². The van der Waals surface area contributed by atoms with Crippen LogP contribution >= 0.6 is 11.3 Å². The van der Waals surface area contributed by atoms with Crippen molar-refractivity contribution in [2.45, 2.75) is 13.5 Å². The molecule has 4 nitrogen and oxygen atoms in total. The van der Waals surface area contributed by atoms with Gasteiger partial charge in [-0.15, -0.1) is 11.3 Å². The molecule has 2 rings (SSSR count). The first-order valence-corrected chi connectivity index (χ1v) is 6.67. The summed E-state index contributed by atoms with van der Waals surface area (Å²) in [7, 11) is 0. The Morgan fingerprint density at radius 2 is 2.42 bits per heavy atom. The number of nitrogens with one attached hydrogen (secondary N) is 1. The summed E-state index contributed by atoms with van der Waals surface area (Å²) in [6.45, 7) is 2.59. The molecule has 2 heterocycles. The van der Waals surface area contributed by atoms with Crippen molar-refractivity contribution < 1.29 is 9.21 Å². The van der Waals surface area contributed by atoms with Crippen LogP contribution in [0, 0.1) is 18.8 Å². The SMILES string of the molecule is Cc1cc(C(=O)NCc2sccc2C#CCN)co1. The molecule has 19 heavy (non-hydrogen) atoms. The van der Waals surface area contributed by atoms with Gasteiger partial charge in [-0.05, 0) is 24.4 Å². The fourth-order valence-electron chi connectivity index (χ4n) is 1.56. The lowest BCUT2D eigenvalue weighted by Crippen LogP contribution is -2.22. The van der Waals surface area contributed by atoms with E-state index < -0.39 is 0 Å². The zero-order chi connectivity index (χ0) is 13.7. The number of furan rings is 1. The van der Waals surface area contributed by atoms with Gasteiger partial charge in [-0.3, -0.25) is 4.79 Å². The van der Waals surface area contributed by atoms with Crippen molar-refractivity contribution in [1.82, 2.24) is 5.32 Å². The van der Waals surface area contributed by atoms with Gasteiger partial charge in [0.2, 0.25) is 0 Å². The summed E-state index contributed by atoms with van der Waals surface area (Å²) < 4.78 is 5.11. The van der Waals surface area contributed by atoms with Crippen LogP contribution in [0.4, 0.5) is 0 Å². The van der Waals surface area contributed by atoms with Crippen LogP contribution in [0.15, 0.2) is 28.2 Å². The van der Waals surface area contributed by atoms with Crippen LogP contribution < -0.4 is 11.1 Å². The van der Waals surface area contributed by atoms with Crippen molar-refractivity contribution >= 4 is 17.2 Å². The van der Waals surface area contributed by atoms with E-state index in [2.05, 4.69) is 17.2 Å². The summed E-state index contributed by atoms with van der Waals surface area (Å²) in [4.78, 5) is 12.9. The summed E-state index contributed by atoms with van der Waals surface area (Å²) in [6, 6.07) is 3.63. The number of nitrogens with two attached hydrogens (primary N) is 1. The first kappa shape index (κ1) is 13.4. The lowest BCUT2D eigenvalue weighted by atomic mass is 10.2. The van der Waals surface area contributed by atoms with Crippen molar-refractivity contribution in [2.75, 3.05) is 6.54 Å². The van der Waals surface area contributed by atoms with Gasteiger partial charge in [0.1, 0.15) is 12.0 Å². The molecule has 0 unspecified atom stereocenters. The molecule has 0 saturated carbocycles. The summed E-state index contributed by atoms with van der Waals surface area (Å²) in [6.07, 6.45) is 1.45. The molecule has 0 aliphatic rings. The average Bonchev–Trinajstić information content (AvgIpc) is 3.02. The molecule has 0 saturated heterocycles. The lowest BCUT2D eigenvalue weighted by molar-refractivity contribution is 0.0950. The molecule has 98 valence electrons. The van der Waals surface area contributed by atoms with Gasteiger partial charge in [-0.2, -0.15) is 0 Å². The van der Waals surface area contributed by atoms with Crippen LogP contribution in [0.3, 0.4) is 0 Å². The zero-order valence-electron chi connectivity index (χ0n) is 10.5. The molecule has 0 atom stereocenters. The molecule has 0 spiro atoms. The number of amides is 1. The smallest absolute Gasteiger partial charge is 0.254 e. The molecule has 3 N–H and O–H groups in total. The van der Waals surface area contributed by atoms with E-state index in [0.717, 1.165) is 16.2 Å². The Morgan fingerprint density at radius 3 is 3.11 bits per heavy atom. The molecular weight excluding hydrogens is 260 g/mol. The van der Waals surface area contributed by atoms with Gasteiger partial charge in [0.15, 0.2) is 0 Å². The Bertz CT molecular complexity index is 631. The number of thiophene rings is 1.